The van der Waals surface area contributed by atoms with Crippen molar-refractivity contribution in [3.05, 3.63) is 104 Å². The molecule has 9 aliphatic carbocycles. The van der Waals surface area contributed by atoms with Crippen LogP contribution in [-0.4, -0.2) is 180 Å². The number of hydrogen-bond acceptors (Lipinski definition) is 22. The lowest BCUT2D eigenvalue weighted by atomic mass is 9.86. The number of nitrogens with zero attached hydrogens (tertiary/aromatic N) is 18. The number of halogens is 6. The summed E-state index contributed by atoms with van der Waals surface area (Å²) in [5.41, 5.74) is 8.43. The van der Waals surface area contributed by atoms with E-state index >= 15 is 0 Å². The zero-order valence-electron chi connectivity index (χ0n) is 85.1. The largest absolute Gasteiger partial charge is 0.384 e. The third kappa shape index (κ3) is 28.0. The highest BCUT2D eigenvalue weighted by Gasteiger charge is 2.38. The van der Waals surface area contributed by atoms with Crippen molar-refractivity contribution in [2.75, 3.05) is 65.4 Å². The topological polar surface area (TPSA) is 396 Å². The van der Waals surface area contributed by atoms with Gasteiger partial charge < -0.3 is 18.9 Å². The number of aromatic nitrogens is 18. The van der Waals surface area contributed by atoms with E-state index in [2.05, 4.69) is 122 Å². The van der Waals surface area contributed by atoms with Gasteiger partial charge in [-0.1, -0.05) is 119 Å². The predicted molar refractivity (Wildman–Crippen MR) is 566 cm³/mol. The highest BCUT2D eigenvalue weighted by atomic mass is 35.5. The predicted octanol–water partition coefficient (Wildman–Crippen LogP) is 24.5. The van der Waals surface area contributed by atoms with Crippen molar-refractivity contribution in [3.8, 4) is 0 Å². The molecule has 21 rings (SSSR count). The monoisotopic (exact) mass is 2090 g/mol. The normalized spacial score (nSPS) is 18.6. The van der Waals surface area contributed by atoms with E-state index in [0.717, 1.165) is 176 Å². The van der Waals surface area contributed by atoms with Crippen LogP contribution in [0.5, 0.6) is 0 Å². The Bertz CT molecular complexity index is 6430. The smallest absolute Gasteiger partial charge is 0.234 e. The molecular weight excluding hydrogens is 1950 g/mol. The van der Waals surface area contributed by atoms with Gasteiger partial charge in [0.05, 0.1) is 74.4 Å². The third-order valence-corrected chi connectivity index (χ3v) is 29.5. The molecule has 0 saturated heterocycles. The number of fused-ring (bicyclic) bond motifs is 6. The Balaban J connectivity index is 0.000000125. The Morgan fingerprint density at radius 2 is 0.641 bits per heavy atom. The summed E-state index contributed by atoms with van der Waals surface area (Å²) in [6.07, 6.45) is 38.1. The Labute approximate surface area is 870 Å². The molecular formula is C105H138Cl5FN24O10. The molecule has 9 aliphatic rings. The van der Waals surface area contributed by atoms with Gasteiger partial charge in [-0.3, -0.25) is 88.1 Å². The van der Waals surface area contributed by atoms with Gasteiger partial charge in [0, 0.05) is 68.6 Å². The molecule has 34 nitrogen and oxygen atoms in total. The molecule has 0 bridgehead atoms. The van der Waals surface area contributed by atoms with E-state index in [9.17, 15) is 33.2 Å². The SMILES string of the molecule is CC(C)(C)CC(=O)Nc1nc2cc(Cl)cnc2n1C1CCC1.CC1(F)CCC(OCCC(=O)Nc2nc3ccc(Cl)nc3n2C2CCC2)CC1.COCC(C)(C)C(=O)Nc1nc2ccc(Cl)nc2n1C1CCC1.Cc1cnc2c(c1)nc(NC(=O)CC(C)(C)C)n2C1CCC1.O=C(CCOC1CCC1)Nc1nc2ccc(Cl)nc2n1C1CCC1.O=C(CCOC1CCCCC1)Nc1nc2ccc(Cl)nc2n1C1CCC1. The lowest BCUT2D eigenvalue weighted by molar-refractivity contribution is -0.126. The highest BCUT2D eigenvalue weighted by molar-refractivity contribution is 6.31. The van der Waals surface area contributed by atoms with Crippen LogP contribution in [-0.2, 0) is 47.7 Å². The number of imidazole rings is 6. The fourth-order valence-electron chi connectivity index (χ4n) is 19.0. The quantitative estimate of drug-likeness (QED) is 0.0237. The first-order valence-electron chi connectivity index (χ1n) is 51.8. The molecule has 0 aromatic carbocycles. The van der Waals surface area contributed by atoms with Gasteiger partial charge in [-0.05, 0) is 278 Å². The van der Waals surface area contributed by atoms with Gasteiger partial charge in [0.2, 0.25) is 71.1 Å². The molecule has 12 aromatic rings. The Hall–Kier alpha value is -10.2. The van der Waals surface area contributed by atoms with Gasteiger partial charge >= 0.3 is 0 Å². The van der Waals surface area contributed by atoms with Crippen molar-refractivity contribution >= 4 is 196 Å². The lowest BCUT2D eigenvalue weighted by Gasteiger charge is -2.31. The molecule has 6 amide bonds. The highest BCUT2D eigenvalue weighted by Crippen LogP contribution is 2.45. The number of carbonyl (C=O) groups excluding carboxylic acids is 6. The second-order valence-electron chi connectivity index (χ2n) is 43.4. The number of aryl methyl sites for hydroxylation is 1. The molecule has 0 spiro atoms. The van der Waals surface area contributed by atoms with Crippen molar-refractivity contribution in [1.29, 1.82) is 0 Å². The Kier molecular flexibility index (Phi) is 35.5. The number of rotatable bonds is 29. The van der Waals surface area contributed by atoms with Gasteiger partial charge in [-0.25, -0.2) is 64.2 Å². The van der Waals surface area contributed by atoms with Gasteiger partial charge in [0.15, 0.2) is 33.9 Å². The number of alkyl halides is 1. The number of amides is 6. The van der Waals surface area contributed by atoms with Gasteiger partial charge in [0.25, 0.3) is 0 Å². The summed E-state index contributed by atoms with van der Waals surface area (Å²) in [7, 11) is 1.59. The maximum absolute atomic E-state index is 13.8. The fourth-order valence-corrected chi connectivity index (χ4v) is 19.7. The van der Waals surface area contributed by atoms with Crippen molar-refractivity contribution in [2.45, 2.75) is 354 Å². The minimum absolute atomic E-state index is 0.0140. The summed E-state index contributed by atoms with van der Waals surface area (Å²) < 4.78 is 48.5. The Morgan fingerprint density at radius 3 is 0.945 bits per heavy atom. The second kappa shape index (κ2) is 47.9. The van der Waals surface area contributed by atoms with Crippen LogP contribution >= 0.6 is 58.0 Å². The summed E-state index contributed by atoms with van der Waals surface area (Å²) in [6.45, 7) is 21.3. The number of nitrogens with one attached hydrogen (secondary N) is 6. The maximum Gasteiger partial charge on any atom is 0.234 e. The van der Waals surface area contributed by atoms with Crippen LogP contribution in [0.1, 0.15) is 329 Å². The van der Waals surface area contributed by atoms with Crippen LogP contribution < -0.4 is 31.9 Å². The number of anilines is 6. The molecule has 0 radical (unpaired) electrons. The van der Waals surface area contributed by atoms with Crippen molar-refractivity contribution < 1.29 is 52.1 Å². The lowest BCUT2D eigenvalue weighted by Crippen LogP contribution is -2.36. The molecule has 0 unspecified atom stereocenters. The van der Waals surface area contributed by atoms with E-state index in [0.29, 0.717) is 193 Å². The first kappa shape index (κ1) is 108. The minimum atomic E-state index is -1.07. The van der Waals surface area contributed by atoms with E-state index in [1.807, 2.05) is 96.3 Å². The molecule has 0 atom stereocenters. The van der Waals surface area contributed by atoms with Crippen LogP contribution in [0.2, 0.25) is 25.6 Å². The van der Waals surface area contributed by atoms with Crippen LogP contribution in [0.25, 0.3) is 67.0 Å². The van der Waals surface area contributed by atoms with Crippen molar-refractivity contribution in [2.24, 2.45) is 16.2 Å². The zero-order valence-corrected chi connectivity index (χ0v) is 88.9. The molecule has 40 heteroatoms. The fraction of sp³-hybridized carbons (Fsp3) is 0.600. The van der Waals surface area contributed by atoms with E-state index in [4.69, 9.17) is 77.0 Å². The van der Waals surface area contributed by atoms with Crippen LogP contribution in [0, 0.1) is 23.2 Å². The molecule has 9 fully saturated rings. The van der Waals surface area contributed by atoms with Crippen LogP contribution in [0.15, 0.2) is 73.1 Å². The number of pyridine rings is 6. The van der Waals surface area contributed by atoms with Crippen molar-refractivity contribution in [3.63, 3.8) is 0 Å². The molecule has 12 aromatic heterocycles. The first-order chi connectivity index (χ1) is 69.4. The summed E-state index contributed by atoms with van der Waals surface area (Å²) in [5.74, 6) is 3.01. The van der Waals surface area contributed by atoms with Gasteiger partial charge in [-0.2, -0.15) is 0 Å². The second-order valence-corrected chi connectivity index (χ2v) is 45.4. The molecule has 6 N–H and O–H groups in total. The number of hydrogen-bond donors (Lipinski definition) is 6. The molecule has 145 heavy (non-hydrogen) atoms. The number of carbonyl (C=O) groups is 6. The molecule has 780 valence electrons. The van der Waals surface area contributed by atoms with E-state index in [1.165, 1.54) is 57.8 Å². The minimum Gasteiger partial charge on any atom is -0.384 e. The summed E-state index contributed by atoms with van der Waals surface area (Å²) >= 11 is 30.2. The molecule has 12 heterocycles. The molecule has 9 saturated carbocycles. The van der Waals surface area contributed by atoms with Crippen LogP contribution in [0.4, 0.5) is 40.1 Å². The van der Waals surface area contributed by atoms with E-state index < -0.39 is 11.1 Å². The first-order valence-corrected chi connectivity index (χ1v) is 53.7. The van der Waals surface area contributed by atoms with Gasteiger partial charge in [0.1, 0.15) is 59.4 Å². The average molecular weight is 2090 g/mol. The maximum atomic E-state index is 13.8. The summed E-state index contributed by atoms with van der Waals surface area (Å²) in [6, 6.07) is 20.1. The van der Waals surface area contributed by atoms with Crippen molar-refractivity contribution in [1.82, 2.24) is 87.2 Å². The zero-order chi connectivity index (χ0) is 103. The summed E-state index contributed by atoms with van der Waals surface area (Å²) in [5, 5.41) is 20.0. The standard InChI is InChI=1S/C20H26ClFN4O2.C19H25ClN4O2.C17H21ClN4O2.C17H24N4O.C16H21ClN4O2.C16H21ClN4O/c1-20(22)10-7-14(8-11-20)28-12-9-17(27)25-19-23-15-5-6-16(21)24-18(15)26(19)13-3-2-4-13;20-16-10-9-15-18(22-16)24(13-5-4-6-13)19(21-15)23-17(25)11-12-26-14-7-2-1-3-8-14;18-14-8-7-13-16(20-14)22(11-3-1-4-11)17(19-13)21-15(23)9-10-24-12-5-2-6-12;1-11-8-13-15(18-10-11)21(12-6-5-7-12)16(19-13)20-14(22)9-17(2,3)4;1-16(2,9-23-3)14(22)20-15-18-11-7-8-12(17)19-13(11)21(15)10-5-4-6-10;1-16(2,3)8-13(22)20-15-19-12-7-10(17)9-18-14(12)21(15)11-5-4-6-11/h5-6,13-14H,2-4,7-12H2,1H3,(H,23,25,27);9-10,13-14H,1-8,11-12H2,(H,21,23,25);7-8,11-12H,1-6,9-10H2,(H,19,21,23);8,10,12H,5-7,9H2,1-4H3,(H,19,20,22);7-8,10H,4-6,9H2,1-3H3,(H,18,20,22);7,9,11H,4-6,8H2,1-3H3,(H,19,20,22). The molecule has 0 aliphatic heterocycles. The number of ether oxygens (including phenoxy) is 4. The van der Waals surface area contributed by atoms with Gasteiger partial charge in [-0.15, -0.1) is 0 Å². The summed E-state index contributed by atoms with van der Waals surface area (Å²) in [4.78, 5) is 128. The third-order valence-electron chi connectivity index (χ3n) is 28.4. The number of methoxy groups -OCH3 is 1. The van der Waals surface area contributed by atoms with Crippen LogP contribution in [0.3, 0.4) is 0 Å². The van der Waals surface area contributed by atoms with E-state index in [-0.39, 0.29) is 58.8 Å². The Morgan fingerprint density at radius 1 is 0.359 bits per heavy atom. The van der Waals surface area contributed by atoms with E-state index in [1.54, 1.807) is 50.6 Å². The average Bonchev–Trinajstić information content (AvgIpc) is 1.64.